The van der Waals surface area contributed by atoms with Gasteiger partial charge in [-0.25, -0.2) is 0 Å². The first kappa shape index (κ1) is 38.3. The summed E-state index contributed by atoms with van der Waals surface area (Å²) in [7, 11) is 0. The van der Waals surface area contributed by atoms with Crippen LogP contribution in [0.1, 0.15) is 80.5 Å². The van der Waals surface area contributed by atoms with Crippen molar-refractivity contribution in [3.63, 3.8) is 0 Å². The summed E-state index contributed by atoms with van der Waals surface area (Å²) in [5.41, 5.74) is 12.1. The Kier molecular flexibility index (Phi) is 12.6. The Morgan fingerprint density at radius 3 is 1.83 bits per heavy atom. The van der Waals surface area contributed by atoms with Gasteiger partial charge in [0.15, 0.2) is 5.78 Å². The number of ketones is 1. The first-order chi connectivity index (χ1) is 20.8. The molecule has 1 heterocycles. The first-order valence-corrected chi connectivity index (χ1v) is 15.2. The molecule has 0 aliphatic rings. The standard InChI is InChI=1S/C29H26N3.C11H20O2.Ir/c1-17-7-18(2)10-24(9-17)28-29(25-11-19(3)8-20(4)12-25)32-26(16-31-28)27-21(5)13-23(15-30)14-22(27)6;1-10(2,3)8(12)7-9(13)11(4,5)6;/h7-9,11-14,16H,1-6H3;7,12H,1-6H3;/q-1;;. The van der Waals surface area contributed by atoms with Crippen LogP contribution in [0.2, 0.25) is 0 Å². The molecule has 0 fully saturated rings. The number of hydrogen-bond donors (Lipinski definition) is 1. The molecule has 0 saturated carbocycles. The van der Waals surface area contributed by atoms with E-state index in [1.807, 2.05) is 73.7 Å². The van der Waals surface area contributed by atoms with Gasteiger partial charge < -0.3 is 10.1 Å². The van der Waals surface area contributed by atoms with Gasteiger partial charge in [0.25, 0.3) is 0 Å². The molecule has 0 bridgehead atoms. The maximum Gasteiger partial charge on any atom is 0.164 e. The summed E-state index contributed by atoms with van der Waals surface area (Å²) in [5.74, 6) is 0.104. The van der Waals surface area contributed by atoms with Crippen molar-refractivity contribution in [1.82, 2.24) is 9.97 Å². The van der Waals surface area contributed by atoms with Gasteiger partial charge in [-0.05, 0) is 56.5 Å². The van der Waals surface area contributed by atoms with Crippen molar-refractivity contribution in [2.45, 2.75) is 83.1 Å². The van der Waals surface area contributed by atoms with E-state index in [2.05, 4.69) is 70.2 Å². The fraction of sp³-hybridized carbons (Fsp3) is 0.350. The number of benzene rings is 3. The topological polar surface area (TPSA) is 86.9 Å². The molecular formula is C40H46IrN3O2-. The summed E-state index contributed by atoms with van der Waals surface area (Å²) in [4.78, 5) is 21.5. The van der Waals surface area contributed by atoms with Gasteiger partial charge in [-0.3, -0.25) is 9.78 Å². The van der Waals surface area contributed by atoms with Crippen molar-refractivity contribution in [3.8, 4) is 39.8 Å². The number of aliphatic hydroxyl groups is 1. The molecular weight excluding hydrogens is 747 g/mol. The molecule has 0 spiro atoms. The SMILES string of the molecule is CC(C)(C)C(=O)C=C(O)C(C)(C)C.Cc1[c-]c(-c2ncc(-c3c(C)cc(C#N)cc3C)nc2-c2cc(C)cc(C)c2)cc(C)c1.[Ir]. The second-order valence-corrected chi connectivity index (χ2v) is 14.1. The van der Waals surface area contributed by atoms with Crippen LogP contribution in [0.4, 0.5) is 0 Å². The van der Waals surface area contributed by atoms with Gasteiger partial charge in [-0.15, -0.1) is 34.9 Å². The molecule has 0 aliphatic heterocycles. The molecule has 0 atom stereocenters. The third-order valence-electron chi connectivity index (χ3n) is 7.36. The fourth-order valence-electron chi connectivity index (χ4n) is 5.03. The molecule has 6 heteroatoms. The molecule has 0 aliphatic carbocycles. The molecule has 4 rings (SSSR count). The third-order valence-corrected chi connectivity index (χ3v) is 7.36. The summed E-state index contributed by atoms with van der Waals surface area (Å²) < 4.78 is 0. The number of nitrogens with zero attached hydrogens (tertiary/aromatic N) is 3. The summed E-state index contributed by atoms with van der Waals surface area (Å²) in [6.45, 7) is 23.5. The predicted molar refractivity (Wildman–Crippen MR) is 185 cm³/mol. The van der Waals surface area contributed by atoms with Crippen LogP contribution in [-0.2, 0) is 24.9 Å². The Hall–Kier alpha value is -3.91. The molecule has 0 unspecified atom stereocenters. The summed E-state index contributed by atoms with van der Waals surface area (Å²) in [5, 5.41) is 18.9. The zero-order chi connectivity index (χ0) is 33.9. The zero-order valence-electron chi connectivity index (χ0n) is 29.2. The van der Waals surface area contributed by atoms with E-state index in [0.29, 0.717) is 5.56 Å². The maximum atomic E-state index is 11.5. The van der Waals surface area contributed by atoms with Gasteiger partial charge in [0.1, 0.15) is 5.76 Å². The van der Waals surface area contributed by atoms with Gasteiger partial charge in [0.2, 0.25) is 0 Å². The monoisotopic (exact) mass is 793 g/mol. The summed E-state index contributed by atoms with van der Waals surface area (Å²) in [6.07, 6.45) is 3.17. The van der Waals surface area contributed by atoms with Crippen molar-refractivity contribution < 1.29 is 30.0 Å². The van der Waals surface area contributed by atoms with Gasteiger partial charge in [0, 0.05) is 54.5 Å². The minimum atomic E-state index is -0.417. The van der Waals surface area contributed by atoms with Crippen molar-refractivity contribution in [2.75, 3.05) is 0 Å². The number of rotatable bonds is 4. The van der Waals surface area contributed by atoms with Gasteiger partial charge in [-0.2, -0.15) is 5.26 Å². The second-order valence-electron chi connectivity index (χ2n) is 14.1. The molecule has 0 saturated heterocycles. The molecule has 0 amide bonds. The summed E-state index contributed by atoms with van der Waals surface area (Å²) in [6, 6.07) is 20.2. The molecule has 1 aromatic heterocycles. The van der Waals surface area contributed by atoms with Gasteiger partial charge in [-0.1, -0.05) is 84.7 Å². The van der Waals surface area contributed by atoms with Crippen molar-refractivity contribution in [3.05, 3.63) is 106 Å². The van der Waals surface area contributed by atoms with Crippen molar-refractivity contribution in [2.24, 2.45) is 10.8 Å². The Morgan fingerprint density at radius 2 is 1.35 bits per heavy atom. The molecule has 1 radical (unpaired) electrons. The van der Waals surface area contributed by atoms with E-state index < -0.39 is 5.41 Å². The first-order valence-electron chi connectivity index (χ1n) is 15.2. The Bertz CT molecular complexity index is 1750. The van der Waals surface area contributed by atoms with Crippen molar-refractivity contribution in [1.29, 1.82) is 5.26 Å². The minimum Gasteiger partial charge on any atom is -0.512 e. The second kappa shape index (κ2) is 15.1. The number of nitriles is 1. The average Bonchev–Trinajstić information content (AvgIpc) is 2.90. The molecule has 1 N–H and O–H groups in total. The van der Waals surface area contributed by atoms with E-state index in [-0.39, 0.29) is 37.1 Å². The summed E-state index contributed by atoms with van der Waals surface area (Å²) >= 11 is 0. The van der Waals surface area contributed by atoms with E-state index in [4.69, 9.17) is 9.97 Å². The zero-order valence-corrected chi connectivity index (χ0v) is 31.6. The van der Waals surface area contributed by atoms with Crippen molar-refractivity contribution >= 4 is 5.78 Å². The van der Waals surface area contributed by atoms with Crippen LogP contribution in [0.15, 0.2) is 60.5 Å². The van der Waals surface area contributed by atoms with Gasteiger partial charge >= 0.3 is 0 Å². The Morgan fingerprint density at radius 1 is 0.804 bits per heavy atom. The van der Waals surface area contributed by atoms with Crippen LogP contribution < -0.4 is 0 Å². The van der Waals surface area contributed by atoms with Crippen LogP contribution in [-0.4, -0.2) is 20.9 Å². The minimum absolute atomic E-state index is 0. The van der Waals surface area contributed by atoms with E-state index >= 15 is 0 Å². The number of aromatic nitrogens is 2. The van der Waals surface area contributed by atoms with E-state index in [0.717, 1.165) is 50.5 Å². The molecule has 243 valence electrons. The van der Waals surface area contributed by atoms with E-state index in [1.165, 1.54) is 22.8 Å². The number of carbonyl (C=O) groups excluding carboxylic acids is 1. The number of aryl methyl sites for hydroxylation is 6. The molecule has 46 heavy (non-hydrogen) atoms. The number of allylic oxidation sites excluding steroid dienone is 2. The normalized spacial score (nSPS) is 11.6. The van der Waals surface area contributed by atoms with E-state index in [9.17, 15) is 15.2 Å². The molecule has 3 aromatic carbocycles. The third kappa shape index (κ3) is 9.79. The van der Waals surface area contributed by atoms with Crippen LogP contribution in [0.3, 0.4) is 0 Å². The van der Waals surface area contributed by atoms with Crippen LogP contribution in [0, 0.1) is 69.8 Å². The molecule has 5 nitrogen and oxygen atoms in total. The fourth-order valence-corrected chi connectivity index (χ4v) is 5.03. The molecule has 4 aromatic rings. The smallest absolute Gasteiger partial charge is 0.164 e. The Labute approximate surface area is 289 Å². The number of carbonyl (C=O) groups is 1. The Balaban J connectivity index is 0.000000449. The number of aliphatic hydroxyl groups excluding tert-OH is 1. The average molecular weight is 793 g/mol. The largest absolute Gasteiger partial charge is 0.512 e. The van der Waals surface area contributed by atoms with Crippen LogP contribution in [0.5, 0.6) is 0 Å². The van der Waals surface area contributed by atoms with Crippen LogP contribution >= 0.6 is 0 Å². The number of hydrogen-bond acceptors (Lipinski definition) is 5. The quantitative estimate of drug-likeness (QED) is 0.126. The van der Waals surface area contributed by atoms with E-state index in [1.54, 1.807) is 0 Å². The van der Waals surface area contributed by atoms with Crippen LogP contribution in [0.25, 0.3) is 33.8 Å². The maximum absolute atomic E-state index is 11.5. The van der Waals surface area contributed by atoms with Gasteiger partial charge in [0.05, 0.1) is 23.0 Å². The predicted octanol–water partition coefficient (Wildman–Crippen LogP) is 10.1.